The molecule has 0 amide bonds. The van der Waals surface area contributed by atoms with Gasteiger partial charge in [-0.1, -0.05) is 12.8 Å². The van der Waals surface area contributed by atoms with Gasteiger partial charge in [0.25, 0.3) is 0 Å². The molecule has 2 heterocycles. The molecule has 1 aliphatic carbocycles. The van der Waals surface area contributed by atoms with Gasteiger partial charge in [-0.25, -0.2) is 15.0 Å². The Kier molecular flexibility index (Phi) is 3.32. The van der Waals surface area contributed by atoms with Crippen LogP contribution in [0.4, 0.5) is 5.82 Å². The number of nitrogens with one attached hydrogen (secondary N) is 2. The Morgan fingerprint density at radius 1 is 1.28 bits per heavy atom. The van der Waals surface area contributed by atoms with E-state index in [0.717, 1.165) is 24.3 Å². The molecule has 1 aliphatic rings. The number of alkyl halides is 1. The van der Waals surface area contributed by atoms with Crippen molar-refractivity contribution < 1.29 is 0 Å². The lowest BCUT2D eigenvalue weighted by atomic mass is 9.89. The number of anilines is 1. The minimum Gasteiger partial charge on any atom is -0.368 e. The van der Waals surface area contributed by atoms with Gasteiger partial charge in [-0.15, -0.1) is 11.6 Å². The molecular weight excluding hydrogens is 250 g/mol. The van der Waals surface area contributed by atoms with Gasteiger partial charge in [-0.2, -0.15) is 0 Å². The van der Waals surface area contributed by atoms with Crippen LogP contribution in [0.3, 0.4) is 0 Å². The van der Waals surface area contributed by atoms with Crippen LogP contribution in [-0.4, -0.2) is 31.9 Å². The Labute approximate surface area is 110 Å². The molecule has 2 N–H and O–H groups in total. The molecule has 5 nitrogen and oxygen atoms in total. The average molecular weight is 266 g/mol. The van der Waals surface area contributed by atoms with Crippen LogP contribution in [0, 0.1) is 5.92 Å². The zero-order valence-electron chi connectivity index (χ0n) is 10.1. The van der Waals surface area contributed by atoms with Crippen LogP contribution in [0.5, 0.6) is 0 Å². The molecule has 6 heteroatoms. The van der Waals surface area contributed by atoms with Gasteiger partial charge in [0, 0.05) is 11.9 Å². The summed E-state index contributed by atoms with van der Waals surface area (Å²) in [6, 6.07) is 0. The molecule has 3 rings (SSSR count). The maximum absolute atomic E-state index is 6.35. The van der Waals surface area contributed by atoms with Crippen LogP contribution >= 0.6 is 11.6 Å². The zero-order chi connectivity index (χ0) is 12.4. The fourth-order valence-corrected chi connectivity index (χ4v) is 2.89. The highest BCUT2D eigenvalue weighted by atomic mass is 35.5. The Balaban J connectivity index is 1.71. The number of imidazole rings is 1. The third-order valence-corrected chi connectivity index (χ3v) is 4.15. The first-order valence-electron chi connectivity index (χ1n) is 6.36. The predicted molar refractivity (Wildman–Crippen MR) is 71.8 cm³/mol. The molecule has 96 valence electrons. The van der Waals surface area contributed by atoms with Crippen molar-refractivity contribution in [2.24, 2.45) is 5.92 Å². The zero-order valence-corrected chi connectivity index (χ0v) is 10.8. The number of rotatable bonds is 3. The number of H-pyrrole nitrogens is 1. The smallest absolute Gasteiger partial charge is 0.182 e. The molecule has 2 atom stereocenters. The van der Waals surface area contributed by atoms with E-state index in [4.69, 9.17) is 11.6 Å². The van der Waals surface area contributed by atoms with Crippen molar-refractivity contribution in [3.8, 4) is 0 Å². The monoisotopic (exact) mass is 265 g/mol. The van der Waals surface area contributed by atoms with Crippen molar-refractivity contribution >= 4 is 28.6 Å². The molecule has 2 unspecified atom stereocenters. The van der Waals surface area contributed by atoms with Gasteiger partial charge in [0.2, 0.25) is 0 Å². The van der Waals surface area contributed by atoms with E-state index in [2.05, 4.69) is 25.3 Å². The number of nitrogens with zero attached hydrogens (tertiary/aromatic N) is 3. The summed E-state index contributed by atoms with van der Waals surface area (Å²) in [7, 11) is 0. The lowest BCUT2D eigenvalue weighted by Gasteiger charge is -2.27. The second-order valence-electron chi connectivity index (χ2n) is 4.76. The number of hydrogen-bond acceptors (Lipinski definition) is 4. The van der Waals surface area contributed by atoms with E-state index in [1.807, 2.05) is 0 Å². The summed E-state index contributed by atoms with van der Waals surface area (Å²) in [5.41, 5.74) is 1.55. The minimum absolute atomic E-state index is 0.283. The van der Waals surface area contributed by atoms with E-state index in [0.29, 0.717) is 11.6 Å². The van der Waals surface area contributed by atoms with Crippen LogP contribution in [0.25, 0.3) is 11.2 Å². The maximum atomic E-state index is 6.35. The summed E-state index contributed by atoms with van der Waals surface area (Å²) in [4.78, 5) is 15.5. The van der Waals surface area contributed by atoms with Crippen molar-refractivity contribution in [2.45, 2.75) is 31.1 Å². The molecule has 0 aromatic carbocycles. The van der Waals surface area contributed by atoms with E-state index in [-0.39, 0.29) is 5.38 Å². The van der Waals surface area contributed by atoms with Gasteiger partial charge in [0.05, 0.1) is 6.33 Å². The second-order valence-corrected chi connectivity index (χ2v) is 5.33. The van der Waals surface area contributed by atoms with Crippen molar-refractivity contribution in [1.82, 2.24) is 19.9 Å². The average Bonchev–Trinajstić information content (AvgIpc) is 2.86. The maximum Gasteiger partial charge on any atom is 0.182 e. The summed E-state index contributed by atoms with van der Waals surface area (Å²) in [5.74, 6) is 1.33. The van der Waals surface area contributed by atoms with Gasteiger partial charge < -0.3 is 10.3 Å². The standard InChI is InChI=1S/C12H16ClN5/c13-9-4-2-1-3-8(9)5-14-11-10-12(16-6-15-10)18-7-17-11/h6-9H,1-5H2,(H2,14,15,16,17,18). The van der Waals surface area contributed by atoms with Gasteiger partial charge in [-0.3, -0.25) is 0 Å². The van der Waals surface area contributed by atoms with E-state index in [1.54, 1.807) is 6.33 Å². The van der Waals surface area contributed by atoms with Crippen molar-refractivity contribution in [3.05, 3.63) is 12.7 Å². The van der Waals surface area contributed by atoms with E-state index in [1.165, 1.54) is 25.6 Å². The summed E-state index contributed by atoms with van der Waals surface area (Å²) in [5, 5.41) is 3.65. The van der Waals surface area contributed by atoms with E-state index < -0.39 is 0 Å². The van der Waals surface area contributed by atoms with Crippen LogP contribution < -0.4 is 5.32 Å². The van der Waals surface area contributed by atoms with Crippen LogP contribution in [-0.2, 0) is 0 Å². The van der Waals surface area contributed by atoms with Crippen LogP contribution in [0.2, 0.25) is 0 Å². The van der Waals surface area contributed by atoms with E-state index >= 15 is 0 Å². The highest BCUT2D eigenvalue weighted by Crippen LogP contribution is 2.29. The Hall–Kier alpha value is -1.36. The first-order chi connectivity index (χ1) is 8.84. The van der Waals surface area contributed by atoms with E-state index in [9.17, 15) is 0 Å². The van der Waals surface area contributed by atoms with Gasteiger partial charge in [0.15, 0.2) is 11.5 Å². The number of aromatic amines is 1. The number of aromatic nitrogens is 4. The summed E-state index contributed by atoms with van der Waals surface area (Å²) in [6.45, 7) is 0.860. The summed E-state index contributed by atoms with van der Waals surface area (Å²) in [6.07, 6.45) is 8.01. The van der Waals surface area contributed by atoms with Crippen molar-refractivity contribution in [3.63, 3.8) is 0 Å². The third kappa shape index (κ3) is 2.27. The lowest BCUT2D eigenvalue weighted by molar-refractivity contribution is 0.380. The topological polar surface area (TPSA) is 66.5 Å². The first kappa shape index (κ1) is 11.7. The molecule has 0 aliphatic heterocycles. The molecule has 18 heavy (non-hydrogen) atoms. The summed E-state index contributed by atoms with van der Waals surface area (Å²) >= 11 is 6.35. The molecule has 2 aromatic rings. The minimum atomic E-state index is 0.283. The highest BCUT2D eigenvalue weighted by molar-refractivity contribution is 6.20. The number of halogens is 1. The largest absolute Gasteiger partial charge is 0.368 e. The quantitative estimate of drug-likeness (QED) is 0.837. The highest BCUT2D eigenvalue weighted by Gasteiger charge is 2.23. The molecular formula is C12H16ClN5. The Morgan fingerprint density at radius 3 is 3.06 bits per heavy atom. The molecule has 1 fully saturated rings. The molecule has 1 saturated carbocycles. The fraction of sp³-hybridized carbons (Fsp3) is 0.583. The predicted octanol–water partition coefficient (Wildman–Crippen LogP) is 2.56. The molecule has 0 saturated heterocycles. The van der Waals surface area contributed by atoms with Crippen molar-refractivity contribution in [1.29, 1.82) is 0 Å². The summed E-state index contributed by atoms with van der Waals surface area (Å²) < 4.78 is 0. The number of hydrogen-bond donors (Lipinski definition) is 2. The van der Waals surface area contributed by atoms with Crippen molar-refractivity contribution in [2.75, 3.05) is 11.9 Å². The van der Waals surface area contributed by atoms with Crippen LogP contribution in [0.15, 0.2) is 12.7 Å². The third-order valence-electron chi connectivity index (χ3n) is 3.57. The SMILES string of the molecule is ClC1CCCCC1CNc1ncnc2nc[nH]c12. The van der Waals surface area contributed by atoms with Gasteiger partial charge >= 0.3 is 0 Å². The Morgan fingerprint density at radius 2 is 2.17 bits per heavy atom. The van der Waals surface area contributed by atoms with Gasteiger partial charge in [0.1, 0.15) is 11.8 Å². The fourth-order valence-electron chi connectivity index (χ4n) is 2.52. The first-order valence-corrected chi connectivity index (χ1v) is 6.80. The second kappa shape index (κ2) is 5.10. The molecule has 2 aromatic heterocycles. The molecule has 0 bridgehead atoms. The molecule has 0 spiro atoms. The normalized spacial score (nSPS) is 24.3. The lowest BCUT2D eigenvalue weighted by Crippen LogP contribution is -2.27. The molecule has 0 radical (unpaired) electrons. The van der Waals surface area contributed by atoms with Gasteiger partial charge in [-0.05, 0) is 18.8 Å². The van der Waals surface area contributed by atoms with Crippen LogP contribution in [0.1, 0.15) is 25.7 Å². The number of fused-ring (bicyclic) bond motifs is 1. The Bertz CT molecular complexity index is 526.